The Balaban J connectivity index is 2.09. The number of phenols is 1. The number of amides is 1. The van der Waals surface area contributed by atoms with Gasteiger partial charge in [0, 0.05) is 6.54 Å². The van der Waals surface area contributed by atoms with Gasteiger partial charge in [-0.3, -0.25) is 4.79 Å². The molecule has 138 valence electrons. The lowest BCUT2D eigenvalue weighted by Gasteiger charge is -2.09. The van der Waals surface area contributed by atoms with Crippen LogP contribution in [0.5, 0.6) is 17.2 Å². The summed E-state index contributed by atoms with van der Waals surface area (Å²) in [5, 5.41) is 21.8. The van der Waals surface area contributed by atoms with Crippen LogP contribution in [0.4, 0.5) is 0 Å². The number of aromatic hydroxyl groups is 1. The van der Waals surface area contributed by atoms with Crippen LogP contribution >= 0.6 is 0 Å². The molecule has 6 nitrogen and oxygen atoms in total. The van der Waals surface area contributed by atoms with Gasteiger partial charge in [-0.2, -0.15) is 5.26 Å². The fourth-order valence-electron chi connectivity index (χ4n) is 2.30. The van der Waals surface area contributed by atoms with Crippen LogP contribution in [0.2, 0.25) is 0 Å². The molecule has 2 rings (SSSR count). The van der Waals surface area contributed by atoms with Crippen molar-refractivity contribution in [2.24, 2.45) is 0 Å². The molecular weight excluding hydrogens is 344 g/mol. The monoisotopic (exact) mass is 364 g/mol. The summed E-state index contributed by atoms with van der Waals surface area (Å²) in [5.41, 5.74) is 1.61. The summed E-state index contributed by atoms with van der Waals surface area (Å²) < 4.78 is 10.2. The number of methoxy groups -OCH3 is 2. The highest BCUT2D eigenvalue weighted by molar-refractivity contribution is 5.97. The van der Waals surface area contributed by atoms with Gasteiger partial charge in [0.25, 0.3) is 5.91 Å². The molecular formula is C21H20N2O4. The summed E-state index contributed by atoms with van der Waals surface area (Å²) in [7, 11) is 2.87. The Kier molecular flexibility index (Phi) is 7.03. The van der Waals surface area contributed by atoms with E-state index in [2.05, 4.69) is 5.32 Å². The van der Waals surface area contributed by atoms with E-state index in [-0.39, 0.29) is 22.8 Å². The maximum Gasteiger partial charge on any atom is 0.262 e. The molecule has 0 aliphatic rings. The van der Waals surface area contributed by atoms with Crippen molar-refractivity contribution >= 4 is 12.0 Å². The molecule has 27 heavy (non-hydrogen) atoms. The van der Waals surface area contributed by atoms with Crippen molar-refractivity contribution in [1.29, 1.82) is 5.26 Å². The number of ether oxygens (including phenoxy) is 2. The molecule has 0 aliphatic carbocycles. The van der Waals surface area contributed by atoms with E-state index in [0.717, 1.165) is 5.56 Å². The zero-order valence-electron chi connectivity index (χ0n) is 15.1. The molecule has 0 unspecified atom stereocenters. The van der Waals surface area contributed by atoms with Gasteiger partial charge < -0.3 is 19.9 Å². The van der Waals surface area contributed by atoms with Crippen LogP contribution in [0.3, 0.4) is 0 Å². The average molecular weight is 364 g/mol. The third-order valence-corrected chi connectivity index (χ3v) is 3.71. The lowest BCUT2D eigenvalue weighted by atomic mass is 10.1. The molecule has 0 atom stereocenters. The predicted octanol–water partition coefficient (Wildman–Crippen LogP) is 3.19. The van der Waals surface area contributed by atoms with E-state index in [1.165, 1.54) is 20.3 Å². The van der Waals surface area contributed by atoms with E-state index < -0.39 is 5.91 Å². The van der Waals surface area contributed by atoms with Crippen molar-refractivity contribution in [3.05, 3.63) is 71.3 Å². The highest BCUT2D eigenvalue weighted by Crippen LogP contribution is 2.37. The van der Waals surface area contributed by atoms with Crippen molar-refractivity contribution < 1.29 is 19.4 Å². The molecule has 1 amide bonds. The van der Waals surface area contributed by atoms with Gasteiger partial charge in [0.15, 0.2) is 11.5 Å². The number of carbonyl (C=O) groups excluding carboxylic acids is 1. The number of benzene rings is 2. The van der Waals surface area contributed by atoms with Crippen molar-refractivity contribution in [2.75, 3.05) is 14.2 Å². The molecule has 2 aromatic rings. The summed E-state index contributed by atoms with van der Waals surface area (Å²) in [6.07, 6.45) is 4.67. The molecule has 0 aliphatic heterocycles. The van der Waals surface area contributed by atoms with Crippen molar-refractivity contribution in [3.8, 4) is 23.3 Å². The minimum absolute atomic E-state index is 0.0140. The Labute approximate surface area is 158 Å². The fraction of sp³-hybridized carbons (Fsp3) is 0.143. The summed E-state index contributed by atoms with van der Waals surface area (Å²) >= 11 is 0. The Morgan fingerprint density at radius 2 is 1.81 bits per heavy atom. The van der Waals surface area contributed by atoms with E-state index >= 15 is 0 Å². The van der Waals surface area contributed by atoms with Crippen LogP contribution in [0, 0.1) is 11.3 Å². The first kappa shape index (κ1) is 19.6. The van der Waals surface area contributed by atoms with Crippen LogP contribution in [0.25, 0.3) is 6.08 Å². The van der Waals surface area contributed by atoms with Gasteiger partial charge in [-0.1, -0.05) is 42.5 Å². The number of allylic oxidation sites excluding steroid dienone is 2. The minimum atomic E-state index is -0.452. The first-order chi connectivity index (χ1) is 13.1. The molecule has 0 spiro atoms. The zero-order chi connectivity index (χ0) is 19.6. The maximum atomic E-state index is 12.1. The number of rotatable bonds is 7. The highest BCUT2D eigenvalue weighted by Gasteiger charge is 2.10. The summed E-state index contributed by atoms with van der Waals surface area (Å²) in [6, 6.07) is 14.6. The van der Waals surface area contributed by atoms with Gasteiger partial charge in [-0.05, 0) is 29.3 Å². The normalized spacial score (nSPS) is 11.1. The zero-order valence-corrected chi connectivity index (χ0v) is 15.1. The van der Waals surface area contributed by atoms with Crippen molar-refractivity contribution in [1.82, 2.24) is 5.32 Å². The van der Waals surface area contributed by atoms with E-state index in [1.54, 1.807) is 24.3 Å². The predicted molar refractivity (Wildman–Crippen MR) is 102 cm³/mol. The third kappa shape index (κ3) is 5.38. The number of carbonyl (C=O) groups is 1. The number of hydrogen-bond donors (Lipinski definition) is 2. The van der Waals surface area contributed by atoms with E-state index in [1.807, 2.05) is 36.4 Å². The first-order valence-electron chi connectivity index (χ1n) is 8.14. The molecule has 0 fully saturated rings. The Hall–Kier alpha value is -3.72. The standard InChI is InChI=1S/C21H20N2O4/c1-26-18-11-16(12-19(27-2)20(18)24)9-6-10-17(13-22)21(25)23-14-15-7-4-3-5-8-15/h3-12,24H,14H2,1-2H3,(H,23,25). The summed E-state index contributed by atoms with van der Waals surface area (Å²) in [6.45, 7) is 0.342. The van der Waals surface area contributed by atoms with Gasteiger partial charge in [0.1, 0.15) is 11.6 Å². The van der Waals surface area contributed by atoms with Gasteiger partial charge in [-0.25, -0.2) is 0 Å². The molecule has 0 aromatic heterocycles. The number of hydrogen-bond acceptors (Lipinski definition) is 5. The largest absolute Gasteiger partial charge is 0.502 e. The molecule has 2 N–H and O–H groups in total. The second-order valence-electron chi connectivity index (χ2n) is 5.49. The third-order valence-electron chi connectivity index (χ3n) is 3.71. The number of phenolic OH excluding ortho intramolecular Hbond substituents is 1. The van der Waals surface area contributed by atoms with Gasteiger partial charge >= 0.3 is 0 Å². The molecule has 0 bridgehead atoms. The number of nitrogens with one attached hydrogen (secondary N) is 1. The Morgan fingerprint density at radius 3 is 2.37 bits per heavy atom. The van der Waals surface area contributed by atoms with Crippen LogP contribution < -0.4 is 14.8 Å². The van der Waals surface area contributed by atoms with Gasteiger partial charge in [-0.15, -0.1) is 0 Å². The van der Waals surface area contributed by atoms with Crippen LogP contribution in [0.1, 0.15) is 11.1 Å². The maximum absolute atomic E-state index is 12.1. The Morgan fingerprint density at radius 1 is 1.19 bits per heavy atom. The minimum Gasteiger partial charge on any atom is -0.502 e. The molecule has 0 saturated carbocycles. The lowest BCUT2D eigenvalue weighted by Crippen LogP contribution is -2.23. The van der Waals surface area contributed by atoms with Crippen LogP contribution in [-0.2, 0) is 11.3 Å². The van der Waals surface area contributed by atoms with E-state index in [0.29, 0.717) is 12.1 Å². The summed E-state index contributed by atoms with van der Waals surface area (Å²) in [4.78, 5) is 12.1. The lowest BCUT2D eigenvalue weighted by molar-refractivity contribution is -0.117. The van der Waals surface area contributed by atoms with Crippen LogP contribution in [0.15, 0.2) is 60.2 Å². The number of nitrogens with zero attached hydrogens (tertiary/aromatic N) is 1. The van der Waals surface area contributed by atoms with Gasteiger partial charge in [0.2, 0.25) is 5.75 Å². The quantitative estimate of drug-likeness (QED) is 0.447. The van der Waals surface area contributed by atoms with Gasteiger partial charge in [0.05, 0.1) is 14.2 Å². The first-order valence-corrected chi connectivity index (χ1v) is 8.14. The Bertz CT molecular complexity index is 871. The second-order valence-corrected chi connectivity index (χ2v) is 5.49. The van der Waals surface area contributed by atoms with Crippen molar-refractivity contribution in [3.63, 3.8) is 0 Å². The SMILES string of the molecule is COc1cc(C=CC=C(C#N)C(=O)NCc2ccccc2)cc(OC)c1O. The molecule has 0 saturated heterocycles. The molecule has 6 heteroatoms. The van der Waals surface area contributed by atoms with E-state index in [9.17, 15) is 15.2 Å². The molecule has 0 radical (unpaired) electrons. The fourth-order valence-corrected chi connectivity index (χ4v) is 2.30. The topological polar surface area (TPSA) is 91.6 Å². The van der Waals surface area contributed by atoms with E-state index in [4.69, 9.17) is 9.47 Å². The average Bonchev–Trinajstić information content (AvgIpc) is 2.71. The second kappa shape index (κ2) is 9.68. The van der Waals surface area contributed by atoms with Crippen molar-refractivity contribution in [2.45, 2.75) is 6.54 Å². The molecule has 2 aromatic carbocycles. The molecule has 0 heterocycles. The highest BCUT2D eigenvalue weighted by atomic mass is 16.5. The smallest absolute Gasteiger partial charge is 0.262 e. The number of nitriles is 1. The van der Waals surface area contributed by atoms with Crippen LogP contribution in [-0.4, -0.2) is 25.2 Å². The summed E-state index contributed by atoms with van der Waals surface area (Å²) in [5.74, 6) is -0.0178.